The van der Waals surface area contributed by atoms with Crippen LogP contribution in [-0.2, 0) is 0 Å². The van der Waals surface area contributed by atoms with Gasteiger partial charge in [-0.15, -0.1) is 0 Å². The van der Waals surface area contributed by atoms with Crippen LogP contribution in [0.25, 0.3) is 11.3 Å². The van der Waals surface area contributed by atoms with E-state index < -0.39 is 0 Å². The van der Waals surface area contributed by atoms with Crippen LogP contribution in [0.15, 0.2) is 36.7 Å². The van der Waals surface area contributed by atoms with Crippen LogP contribution in [0.1, 0.15) is 32.4 Å². The Hall–Kier alpha value is -3.64. The fourth-order valence-corrected chi connectivity index (χ4v) is 3.62. The third-order valence-corrected chi connectivity index (χ3v) is 5.09. The van der Waals surface area contributed by atoms with Gasteiger partial charge in [0.2, 0.25) is 0 Å². The molecule has 1 saturated heterocycles. The molecule has 3 heterocycles. The van der Waals surface area contributed by atoms with Crippen LogP contribution in [0.4, 0.5) is 11.6 Å². The lowest BCUT2D eigenvalue weighted by atomic mass is 10.0. The molecule has 9 nitrogen and oxygen atoms in total. The molecular weight excluding hydrogens is 406 g/mol. The maximum absolute atomic E-state index is 8.87. The van der Waals surface area contributed by atoms with Crippen LogP contribution in [0, 0.1) is 17.2 Å². The minimum Gasteiger partial charge on any atom is -0.492 e. The lowest BCUT2D eigenvalue weighted by molar-refractivity contribution is 0.215. The van der Waals surface area contributed by atoms with E-state index in [1.54, 1.807) is 0 Å². The molecule has 0 saturated carbocycles. The van der Waals surface area contributed by atoms with Gasteiger partial charge >= 0.3 is 0 Å². The summed E-state index contributed by atoms with van der Waals surface area (Å²) in [5, 5.41) is 22.8. The second kappa shape index (κ2) is 10.1. The van der Waals surface area contributed by atoms with Gasteiger partial charge in [0.1, 0.15) is 23.4 Å². The van der Waals surface area contributed by atoms with Crippen LogP contribution in [0.2, 0.25) is 0 Å². The number of nitrogens with zero attached hydrogens (tertiary/aromatic N) is 4. The van der Waals surface area contributed by atoms with E-state index in [9.17, 15) is 0 Å². The van der Waals surface area contributed by atoms with Gasteiger partial charge in [-0.3, -0.25) is 5.10 Å². The van der Waals surface area contributed by atoms with E-state index in [0.29, 0.717) is 24.2 Å². The van der Waals surface area contributed by atoms with Crippen molar-refractivity contribution in [2.45, 2.75) is 32.8 Å². The van der Waals surface area contributed by atoms with Crippen LogP contribution >= 0.6 is 0 Å². The number of aromatic nitrogens is 4. The van der Waals surface area contributed by atoms with E-state index in [1.165, 1.54) is 18.8 Å². The number of nitrogens with one attached hydrogen (secondary N) is 3. The molecule has 3 N–H and O–H groups in total. The van der Waals surface area contributed by atoms with E-state index in [0.717, 1.165) is 42.3 Å². The van der Waals surface area contributed by atoms with Crippen molar-refractivity contribution in [2.24, 2.45) is 5.92 Å². The van der Waals surface area contributed by atoms with E-state index >= 15 is 0 Å². The third kappa shape index (κ3) is 5.34. The van der Waals surface area contributed by atoms with Crippen molar-refractivity contribution in [1.82, 2.24) is 25.5 Å². The number of H-pyrrole nitrogens is 1. The summed E-state index contributed by atoms with van der Waals surface area (Å²) in [4.78, 5) is 8.20. The predicted molar refractivity (Wildman–Crippen MR) is 121 cm³/mol. The van der Waals surface area contributed by atoms with Crippen molar-refractivity contribution in [3.05, 3.63) is 42.4 Å². The van der Waals surface area contributed by atoms with Crippen molar-refractivity contribution < 1.29 is 9.47 Å². The first-order valence-electron chi connectivity index (χ1n) is 10.8. The van der Waals surface area contributed by atoms with Crippen molar-refractivity contribution in [3.63, 3.8) is 0 Å². The number of benzene rings is 1. The fraction of sp³-hybridized carbons (Fsp3) is 0.391. The maximum atomic E-state index is 8.87. The SMILES string of the molecule is CC(C)Oc1cccc(OC[C@H]2CCCNC2)c1-c1cc(Nc2cnc(C#N)cn2)n[nH]1. The number of anilines is 2. The van der Waals surface area contributed by atoms with Crippen molar-refractivity contribution in [3.8, 4) is 28.8 Å². The molecule has 3 aromatic rings. The molecule has 2 aromatic heterocycles. The molecule has 32 heavy (non-hydrogen) atoms. The highest BCUT2D eigenvalue weighted by atomic mass is 16.5. The Morgan fingerprint density at radius 1 is 1.22 bits per heavy atom. The first-order valence-corrected chi connectivity index (χ1v) is 10.8. The van der Waals surface area contributed by atoms with Crippen molar-refractivity contribution in [1.29, 1.82) is 5.26 Å². The Morgan fingerprint density at radius 3 is 2.81 bits per heavy atom. The number of ether oxygens (including phenoxy) is 2. The van der Waals surface area contributed by atoms with Gasteiger partial charge in [-0.05, 0) is 45.4 Å². The molecule has 0 radical (unpaired) electrons. The molecule has 1 aliphatic heterocycles. The Kier molecular flexibility index (Phi) is 6.82. The zero-order chi connectivity index (χ0) is 22.3. The maximum Gasteiger partial charge on any atom is 0.158 e. The molecular formula is C23H27N7O2. The monoisotopic (exact) mass is 433 g/mol. The van der Waals surface area contributed by atoms with Crippen molar-refractivity contribution in [2.75, 3.05) is 25.0 Å². The molecule has 166 valence electrons. The summed E-state index contributed by atoms with van der Waals surface area (Å²) in [6, 6.07) is 9.66. The number of rotatable bonds is 8. The van der Waals surface area contributed by atoms with Crippen LogP contribution in [0.5, 0.6) is 11.5 Å². The highest BCUT2D eigenvalue weighted by Gasteiger charge is 2.19. The summed E-state index contributed by atoms with van der Waals surface area (Å²) in [6.45, 7) is 6.68. The Balaban J connectivity index is 1.58. The zero-order valence-corrected chi connectivity index (χ0v) is 18.3. The average molecular weight is 434 g/mol. The first kappa shape index (κ1) is 21.6. The molecule has 1 atom stereocenters. The Morgan fingerprint density at radius 2 is 2.09 bits per heavy atom. The molecule has 1 aliphatic rings. The van der Waals surface area contributed by atoms with Gasteiger partial charge in [0.15, 0.2) is 11.5 Å². The largest absolute Gasteiger partial charge is 0.492 e. The summed E-state index contributed by atoms with van der Waals surface area (Å²) in [5.74, 6) is 3.03. The summed E-state index contributed by atoms with van der Waals surface area (Å²) >= 11 is 0. The summed E-state index contributed by atoms with van der Waals surface area (Å²) in [5.41, 5.74) is 1.85. The number of nitriles is 1. The number of aromatic amines is 1. The Bertz CT molecular complexity index is 1070. The van der Waals surface area contributed by atoms with Gasteiger partial charge in [0, 0.05) is 18.5 Å². The van der Waals surface area contributed by atoms with E-state index in [2.05, 4.69) is 30.8 Å². The van der Waals surface area contributed by atoms with Crippen LogP contribution in [0.3, 0.4) is 0 Å². The number of hydrogen-bond acceptors (Lipinski definition) is 8. The average Bonchev–Trinajstić information content (AvgIpc) is 3.26. The first-order chi connectivity index (χ1) is 15.6. The smallest absolute Gasteiger partial charge is 0.158 e. The van der Waals surface area contributed by atoms with Crippen LogP contribution < -0.4 is 20.1 Å². The van der Waals surface area contributed by atoms with Crippen LogP contribution in [-0.4, -0.2) is 46.0 Å². The van der Waals surface area contributed by atoms with Gasteiger partial charge in [-0.25, -0.2) is 9.97 Å². The highest BCUT2D eigenvalue weighted by Crippen LogP contribution is 2.39. The Labute approximate surface area is 187 Å². The second-order valence-electron chi connectivity index (χ2n) is 8.01. The minimum absolute atomic E-state index is 0.0148. The predicted octanol–water partition coefficient (Wildman–Crippen LogP) is 3.65. The molecule has 1 fully saturated rings. The number of hydrogen-bond donors (Lipinski definition) is 3. The lowest BCUT2D eigenvalue weighted by Gasteiger charge is -2.24. The molecule has 0 unspecified atom stereocenters. The normalized spacial score (nSPS) is 15.9. The summed E-state index contributed by atoms with van der Waals surface area (Å²) < 4.78 is 12.3. The fourth-order valence-electron chi connectivity index (χ4n) is 3.62. The summed E-state index contributed by atoms with van der Waals surface area (Å²) in [7, 11) is 0. The molecule has 0 spiro atoms. The molecule has 0 amide bonds. The van der Waals surface area contributed by atoms with Gasteiger partial charge in [-0.2, -0.15) is 10.4 Å². The second-order valence-corrected chi connectivity index (χ2v) is 8.01. The minimum atomic E-state index is 0.0148. The zero-order valence-electron chi connectivity index (χ0n) is 18.3. The van der Waals surface area contributed by atoms with Gasteiger partial charge in [-0.1, -0.05) is 6.07 Å². The molecule has 1 aromatic carbocycles. The topological polar surface area (TPSA) is 121 Å². The van der Waals surface area contributed by atoms with Gasteiger partial charge in [0.25, 0.3) is 0 Å². The highest BCUT2D eigenvalue weighted by molar-refractivity contribution is 5.76. The lowest BCUT2D eigenvalue weighted by Crippen LogP contribution is -2.33. The molecule has 0 aliphatic carbocycles. The van der Waals surface area contributed by atoms with Crippen molar-refractivity contribution >= 4 is 11.6 Å². The van der Waals surface area contributed by atoms with E-state index in [4.69, 9.17) is 14.7 Å². The molecule has 0 bridgehead atoms. The third-order valence-electron chi connectivity index (χ3n) is 5.09. The van der Waals surface area contributed by atoms with E-state index in [-0.39, 0.29) is 11.8 Å². The molecule has 9 heteroatoms. The van der Waals surface area contributed by atoms with Gasteiger partial charge < -0.3 is 20.1 Å². The number of piperidine rings is 1. The quantitative estimate of drug-likeness (QED) is 0.492. The van der Waals surface area contributed by atoms with Gasteiger partial charge in [0.05, 0.1) is 36.4 Å². The molecule has 4 rings (SSSR count). The standard InChI is InChI=1S/C23H27N7O2/c1-15(2)32-20-7-3-6-19(31-14-16-5-4-8-25-11-16)23(20)18-9-21(30-29-18)28-22-13-26-17(10-24)12-27-22/h3,6-7,9,12-13,15-16,25H,4-5,8,11,14H2,1-2H3,(H2,27,28,29,30)/t16-/m0/s1. The summed E-state index contributed by atoms with van der Waals surface area (Å²) in [6.07, 6.45) is 5.25. The van der Waals surface area contributed by atoms with E-state index in [1.807, 2.05) is 44.2 Å².